The van der Waals surface area contributed by atoms with Gasteiger partial charge in [0.2, 0.25) is 5.91 Å². The van der Waals surface area contributed by atoms with E-state index in [9.17, 15) is 22.8 Å². The maximum absolute atomic E-state index is 12.2. The van der Waals surface area contributed by atoms with E-state index in [1.807, 2.05) is 13.8 Å². The van der Waals surface area contributed by atoms with Gasteiger partial charge in [-0.15, -0.1) is 0 Å². The van der Waals surface area contributed by atoms with Gasteiger partial charge in [0.1, 0.15) is 12.1 Å². The molecule has 1 fully saturated rings. The topological polar surface area (TPSA) is 70.2 Å². The molecule has 0 aliphatic heterocycles. The number of rotatable bonds is 5. The maximum Gasteiger partial charge on any atom is 0.405 e. The van der Waals surface area contributed by atoms with Crippen LogP contribution < -0.4 is 16.0 Å². The Morgan fingerprint density at radius 1 is 1.14 bits per heavy atom. The van der Waals surface area contributed by atoms with Crippen LogP contribution in [0, 0.1) is 5.92 Å². The van der Waals surface area contributed by atoms with E-state index in [4.69, 9.17) is 0 Å². The van der Waals surface area contributed by atoms with Gasteiger partial charge in [0.05, 0.1) is 0 Å². The molecule has 0 spiro atoms. The molecule has 3 N–H and O–H groups in total. The molecule has 1 aliphatic rings. The first-order valence-corrected chi connectivity index (χ1v) is 7.06. The maximum atomic E-state index is 12.2. The molecule has 0 unspecified atom stereocenters. The average Bonchev–Trinajstić information content (AvgIpc) is 2.82. The van der Waals surface area contributed by atoms with Gasteiger partial charge in [-0.2, -0.15) is 13.2 Å². The van der Waals surface area contributed by atoms with E-state index in [0.717, 1.165) is 12.8 Å². The zero-order chi connectivity index (χ0) is 16.1. The van der Waals surface area contributed by atoms with Gasteiger partial charge in [-0.3, -0.25) is 4.79 Å². The van der Waals surface area contributed by atoms with E-state index < -0.39 is 24.3 Å². The van der Waals surface area contributed by atoms with Gasteiger partial charge in [0.15, 0.2) is 0 Å². The van der Waals surface area contributed by atoms with Crippen LogP contribution in [0.3, 0.4) is 0 Å². The molecule has 21 heavy (non-hydrogen) atoms. The van der Waals surface area contributed by atoms with Crippen LogP contribution >= 0.6 is 0 Å². The highest BCUT2D eigenvalue weighted by Crippen LogP contribution is 2.30. The summed E-state index contributed by atoms with van der Waals surface area (Å²) >= 11 is 0. The predicted octanol–water partition coefficient (Wildman–Crippen LogP) is 1.93. The van der Waals surface area contributed by atoms with Crippen molar-refractivity contribution in [2.75, 3.05) is 13.1 Å². The number of hydrogen-bond donors (Lipinski definition) is 3. The minimum Gasteiger partial charge on any atom is -0.354 e. The third-order valence-electron chi connectivity index (χ3n) is 3.36. The molecule has 0 heterocycles. The van der Waals surface area contributed by atoms with Gasteiger partial charge >= 0.3 is 12.2 Å². The molecule has 0 aromatic carbocycles. The summed E-state index contributed by atoms with van der Waals surface area (Å²) in [4.78, 5) is 23.8. The molecule has 1 aliphatic carbocycles. The van der Waals surface area contributed by atoms with Crippen molar-refractivity contribution in [3.05, 3.63) is 0 Å². The summed E-state index contributed by atoms with van der Waals surface area (Å²) in [6.45, 7) is 2.92. The Hall–Kier alpha value is -1.47. The van der Waals surface area contributed by atoms with Crippen molar-refractivity contribution in [1.82, 2.24) is 16.0 Å². The molecule has 0 saturated heterocycles. The van der Waals surface area contributed by atoms with E-state index >= 15 is 0 Å². The molecule has 5 nitrogen and oxygen atoms in total. The zero-order valence-electron chi connectivity index (χ0n) is 12.3. The lowest BCUT2D eigenvalue weighted by Gasteiger charge is -2.29. The highest BCUT2D eigenvalue weighted by molar-refractivity contribution is 5.91. The monoisotopic (exact) mass is 309 g/mol. The lowest BCUT2D eigenvalue weighted by Crippen LogP contribution is -2.60. The van der Waals surface area contributed by atoms with E-state index in [0.29, 0.717) is 19.4 Å². The van der Waals surface area contributed by atoms with Crippen molar-refractivity contribution < 1.29 is 22.8 Å². The highest BCUT2D eigenvalue weighted by Gasteiger charge is 2.42. The van der Waals surface area contributed by atoms with Crippen LogP contribution in [0.2, 0.25) is 0 Å². The largest absolute Gasteiger partial charge is 0.405 e. The summed E-state index contributed by atoms with van der Waals surface area (Å²) in [6.07, 6.45) is -2.07. The third-order valence-corrected chi connectivity index (χ3v) is 3.36. The number of urea groups is 1. The second kappa shape index (κ2) is 7.00. The van der Waals surface area contributed by atoms with Crippen LogP contribution in [-0.4, -0.2) is 36.7 Å². The Labute approximate surface area is 122 Å². The smallest absolute Gasteiger partial charge is 0.354 e. The van der Waals surface area contributed by atoms with Gasteiger partial charge in [-0.1, -0.05) is 26.7 Å². The Bertz CT molecular complexity index is 377. The number of nitrogens with one attached hydrogen (secondary N) is 3. The number of amides is 3. The lowest BCUT2D eigenvalue weighted by molar-refractivity contribution is -0.127. The molecular weight excluding hydrogens is 287 g/mol. The third kappa shape index (κ3) is 5.81. The minimum absolute atomic E-state index is 0.256. The SMILES string of the molecule is CC(C)CNC(=O)C1(NC(=O)NCC(F)(F)F)CCCC1. The standard InChI is InChI=1S/C13H22F3N3O2/c1-9(2)7-17-10(20)12(5-3-4-6-12)19-11(21)18-8-13(14,15)16/h9H,3-8H2,1-2H3,(H,17,20)(H2,18,19,21). The van der Waals surface area contributed by atoms with Gasteiger partial charge in [-0.05, 0) is 18.8 Å². The molecule has 1 rings (SSSR count). The second-order valence-corrected chi connectivity index (χ2v) is 5.82. The first-order chi connectivity index (χ1) is 9.65. The van der Waals surface area contributed by atoms with E-state index in [2.05, 4.69) is 10.6 Å². The van der Waals surface area contributed by atoms with Crippen LogP contribution in [0.25, 0.3) is 0 Å². The molecule has 1 saturated carbocycles. The minimum atomic E-state index is -4.47. The van der Waals surface area contributed by atoms with Crippen LogP contribution in [0.1, 0.15) is 39.5 Å². The zero-order valence-corrected chi connectivity index (χ0v) is 12.3. The van der Waals surface area contributed by atoms with Crippen LogP contribution in [0.4, 0.5) is 18.0 Å². The average molecular weight is 309 g/mol. The number of carbonyl (C=O) groups excluding carboxylic acids is 2. The Kier molecular flexibility index (Phi) is 5.86. The quantitative estimate of drug-likeness (QED) is 0.726. The Balaban J connectivity index is 2.59. The molecular formula is C13H22F3N3O2. The number of carbonyl (C=O) groups is 2. The lowest BCUT2D eigenvalue weighted by atomic mass is 9.96. The normalized spacial score (nSPS) is 17.6. The van der Waals surface area contributed by atoms with Gasteiger partial charge < -0.3 is 16.0 Å². The van der Waals surface area contributed by atoms with Crippen LogP contribution in [-0.2, 0) is 4.79 Å². The van der Waals surface area contributed by atoms with Gasteiger partial charge in [0, 0.05) is 6.54 Å². The fraction of sp³-hybridized carbons (Fsp3) is 0.846. The fourth-order valence-corrected chi connectivity index (χ4v) is 2.30. The van der Waals surface area contributed by atoms with Crippen molar-refractivity contribution >= 4 is 11.9 Å². The molecule has 3 amide bonds. The summed E-state index contributed by atoms with van der Waals surface area (Å²) in [6, 6.07) is -0.964. The highest BCUT2D eigenvalue weighted by atomic mass is 19.4. The van der Waals surface area contributed by atoms with Gasteiger partial charge in [-0.25, -0.2) is 4.79 Å². The van der Waals surface area contributed by atoms with Crippen LogP contribution in [0.5, 0.6) is 0 Å². The first kappa shape index (κ1) is 17.6. The fourth-order valence-electron chi connectivity index (χ4n) is 2.30. The van der Waals surface area contributed by atoms with E-state index in [1.165, 1.54) is 0 Å². The molecule has 0 aromatic rings. The van der Waals surface area contributed by atoms with Gasteiger partial charge in [0.25, 0.3) is 0 Å². The molecule has 0 aromatic heterocycles. The van der Waals surface area contributed by atoms with Crippen molar-refractivity contribution in [2.45, 2.75) is 51.2 Å². The van der Waals surface area contributed by atoms with Crippen molar-refractivity contribution in [3.8, 4) is 0 Å². The van der Waals surface area contributed by atoms with Crippen molar-refractivity contribution in [2.24, 2.45) is 5.92 Å². The summed E-state index contributed by atoms with van der Waals surface area (Å²) < 4.78 is 36.2. The van der Waals surface area contributed by atoms with Crippen molar-refractivity contribution in [1.29, 1.82) is 0 Å². The van der Waals surface area contributed by atoms with E-state index in [1.54, 1.807) is 5.32 Å². The molecule has 8 heteroatoms. The molecule has 0 bridgehead atoms. The Morgan fingerprint density at radius 3 is 2.19 bits per heavy atom. The number of hydrogen-bond acceptors (Lipinski definition) is 2. The summed E-state index contributed by atoms with van der Waals surface area (Å²) in [5.74, 6) is -0.0673. The summed E-state index contributed by atoms with van der Waals surface area (Å²) in [7, 11) is 0. The molecule has 0 atom stereocenters. The first-order valence-electron chi connectivity index (χ1n) is 7.06. The van der Waals surface area contributed by atoms with Crippen molar-refractivity contribution in [3.63, 3.8) is 0 Å². The number of alkyl halides is 3. The second-order valence-electron chi connectivity index (χ2n) is 5.82. The molecule has 0 radical (unpaired) electrons. The molecule has 122 valence electrons. The number of halogens is 3. The predicted molar refractivity (Wildman–Crippen MR) is 71.6 cm³/mol. The summed E-state index contributed by atoms with van der Waals surface area (Å²) in [5.41, 5.74) is -1.09. The summed E-state index contributed by atoms with van der Waals surface area (Å²) in [5, 5.41) is 6.90. The Morgan fingerprint density at radius 2 is 1.71 bits per heavy atom. The van der Waals surface area contributed by atoms with E-state index in [-0.39, 0.29) is 11.8 Å². The van der Waals surface area contributed by atoms with Crippen LogP contribution in [0.15, 0.2) is 0 Å².